The van der Waals surface area contributed by atoms with Gasteiger partial charge in [0.05, 0.1) is 4.90 Å². The molecule has 0 aliphatic heterocycles. The summed E-state index contributed by atoms with van der Waals surface area (Å²) in [5.74, 6) is 0.516. The highest BCUT2D eigenvalue weighted by Gasteiger charge is 2.18. The van der Waals surface area contributed by atoms with Crippen LogP contribution < -0.4 is 10.0 Å². The molecule has 0 radical (unpaired) electrons. The van der Waals surface area contributed by atoms with Gasteiger partial charge in [0.15, 0.2) is 0 Å². The van der Waals surface area contributed by atoms with Crippen LogP contribution in [0.3, 0.4) is 0 Å². The summed E-state index contributed by atoms with van der Waals surface area (Å²) in [6.45, 7) is 9.76. The average Bonchev–Trinajstić information content (AvgIpc) is 2.44. The molecule has 0 spiro atoms. The Morgan fingerprint density at radius 2 is 1.90 bits per heavy atom. The first-order valence-electron chi connectivity index (χ1n) is 7.71. The second kappa shape index (κ2) is 8.51. The van der Waals surface area contributed by atoms with Crippen LogP contribution >= 0.6 is 0 Å². The van der Waals surface area contributed by atoms with Gasteiger partial charge in [-0.3, -0.25) is 0 Å². The normalized spacial score (nSPS) is 14.9. The van der Waals surface area contributed by atoms with Crippen LogP contribution in [-0.4, -0.2) is 21.0 Å². The van der Waals surface area contributed by atoms with E-state index in [9.17, 15) is 8.42 Å². The topological polar surface area (TPSA) is 58.2 Å². The standard InChI is InChI=1S/C16H28N2O2S/c1-5-13(3)10-14(4)18-21(19,20)16-9-7-8-15(11-16)12-17-6-2/h7-9,11,13-14,17-18H,5-6,10,12H2,1-4H3. The number of sulfonamides is 1. The van der Waals surface area contributed by atoms with Crippen molar-refractivity contribution in [2.45, 2.75) is 58.0 Å². The number of hydrogen-bond acceptors (Lipinski definition) is 3. The lowest BCUT2D eigenvalue weighted by Gasteiger charge is -2.18. The molecule has 2 unspecified atom stereocenters. The molecule has 0 amide bonds. The van der Waals surface area contributed by atoms with Gasteiger partial charge >= 0.3 is 0 Å². The van der Waals surface area contributed by atoms with Gasteiger partial charge in [-0.05, 0) is 43.5 Å². The summed E-state index contributed by atoms with van der Waals surface area (Å²) in [6.07, 6.45) is 1.91. The van der Waals surface area contributed by atoms with E-state index >= 15 is 0 Å². The first-order chi connectivity index (χ1) is 9.89. The minimum Gasteiger partial charge on any atom is -0.313 e. The smallest absolute Gasteiger partial charge is 0.240 e. The molecule has 5 heteroatoms. The van der Waals surface area contributed by atoms with Gasteiger partial charge in [-0.1, -0.05) is 39.3 Å². The van der Waals surface area contributed by atoms with Crippen molar-refractivity contribution >= 4 is 10.0 Å². The fraction of sp³-hybridized carbons (Fsp3) is 0.625. The molecule has 4 nitrogen and oxygen atoms in total. The Bertz CT molecular complexity index is 529. The van der Waals surface area contributed by atoms with E-state index in [1.54, 1.807) is 18.2 Å². The zero-order chi connectivity index (χ0) is 15.9. The monoisotopic (exact) mass is 312 g/mol. The fourth-order valence-corrected chi connectivity index (χ4v) is 3.57. The Hall–Kier alpha value is -0.910. The van der Waals surface area contributed by atoms with Crippen LogP contribution in [-0.2, 0) is 16.6 Å². The lowest BCUT2D eigenvalue weighted by atomic mass is 10.0. The highest BCUT2D eigenvalue weighted by molar-refractivity contribution is 7.89. The second-order valence-electron chi connectivity index (χ2n) is 5.70. The zero-order valence-electron chi connectivity index (χ0n) is 13.5. The molecule has 0 heterocycles. The molecule has 0 aromatic heterocycles. The van der Waals surface area contributed by atoms with Crippen molar-refractivity contribution in [3.05, 3.63) is 29.8 Å². The van der Waals surface area contributed by atoms with E-state index < -0.39 is 10.0 Å². The van der Waals surface area contributed by atoms with Gasteiger partial charge in [-0.25, -0.2) is 13.1 Å². The van der Waals surface area contributed by atoms with Gasteiger partial charge in [0.2, 0.25) is 10.0 Å². The molecule has 120 valence electrons. The lowest BCUT2D eigenvalue weighted by Crippen LogP contribution is -2.33. The van der Waals surface area contributed by atoms with E-state index in [1.807, 2.05) is 19.9 Å². The molecule has 1 aromatic carbocycles. The van der Waals surface area contributed by atoms with E-state index in [1.165, 1.54) is 0 Å². The first-order valence-corrected chi connectivity index (χ1v) is 9.19. The summed E-state index contributed by atoms with van der Waals surface area (Å²) in [5.41, 5.74) is 0.981. The van der Waals surface area contributed by atoms with Crippen LogP contribution in [0.4, 0.5) is 0 Å². The van der Waals surface area contributed by atoms with Crippen molar-refractivity contribution in [3.63, 3.8) is 0 Å². The van der Waals surface area contributed by atoms with E-state index in [0.29, 0.717) is 17.4 Å². The molecule has 21 heavy (non-hydrogen) atoms. The average molecular weight is 312 g/mol. The minimum atomic E-state index is -3.44. The Balaban J connectivity index is 2.77. The van der Waals surface area contributed by atoms with Gasteiger partial charge in [-0.15, -0.1) is 0 Å². The van der Waals surface area contributed by atoms with Crippen LogP contribution in [0.1, 0.15) is 46.1 Å². The molecule has 0 saturated heterocycles. The van der Waals surface area contributed by atoms with Crippen molar-refractivity contribution in [3.8, 4) is 0 Å². The van der Waals surface area contributed by atoms with Crippen LogP contribution in [0.25, 0.3) is 0 Å². The van der Waals surface area contributed by atoms with E-state index in [2.05, 4.69) is 23.9 Å². The molecule has 1 rings (SSSR count). The van der Waals surface area contributed by atoms with Crippen molar-refractivity contribution in [2.75, 3.05) is 6.54 Å². The van der Waals surface area contributed by atoms with Crippen molar-refractivity contribution in [2.24, 2.45) is 5.92 Å². The third-order valence-corrected chi connectivity index (χ3v) is 5.18. The summed E-state index contributed by atoms with van der Waals surface area (Å²) in [4.78, 5) is 0.342. The third-order valence-electron chi connectivity index (χ3n) is 3.60. The highest BCUT2D eigenvalue weighted by Crippen LogP contribution is 2.15. The van der Waals surface area contributed by atoms with Crippen LogP contribution in [0.5, 0.6) is 0 Å². The van der Waals surface area contributed by atoms with Crippen LogP contribution in [0.15, 0.2) is 29.2 Å². The number of benzene rings is 1. The zero-order valence-corrected chi connectivity index (χ0v) is 14.3. The maximum Gasteiger partial charge on any atom is 0.240 e. The molecule has 0 aliphatic carbocycles. The summed E-state index contributed by atoms with van der Waals surface area (Å²) in [7, 11) is -3.44. The van der Waals surface area contributed by atoms with E-state index in [4.69, 9.17) is 0 Å². The molecule has 0 bridgehead atoms. The SMILES string of the molecule is CCNCc1cccc(S(=O)(=O)NC(C)CC(C)CC)c1. The molecule has 0 aliphatic rings. The van der Waals surface area contributed by atoms with E-state index in [0.717, 1.165) is 24.9 Å². The summed E-state index contributed by atoms with van der Waals surface area (Å²) < 4.78 is 27.6. The maximum atomic E-state index is 12.4. The maximum absolute atomic E-state index is 12.4. The van der Waals surface area contributed by atoms with Gasteiger partial charge < -0.3 is 5.32 Å². The number of nitrogens with one attached hydrogen (secondary N) is 2. The summed E-state index contributed by atoms with van der Waals surface area (Å²) in [6, 6.07) is 7.06. The first kappa shape index (κ1) is 18.1. The van der Waals surface area contributed by atoms with Crippen LogP contribution in [0, 0.1) is 5.92 Å². The Labute approximate surface area is 129 Å². The molecule has 0 fully saturated rings. The van der Waals surface area contributed by atoms with Crippen molar-refractivity contribution in [1.82, 2.24) is 10.0 Å². The summed E-state index contributed by atoms with van der Waals surface area (Å²) in [5, 5.41) is 3.20. The third kappa shape index (κ3) is 6.16. The molecular weight excluding hydrogens is 284 g/mol. The Morgan fingerprint density at radius 3 is 2.52 bits per heavy atom. The van der Waals surface area contributed by atoms with Gasteiger partial charge in [0, 0.05) is 12.6 Å². The molecule has 2 atom stereocenters. The van der Waals surface area contributed by atoms with E-state index in [-0.39, 0.29) is 6.04 Å². The lowest BCUT2D eigenvalue weighted by molar-refractivity contribution is 0.445. The predicted octanol–water partition coefficient (Wildman–Crippen LogP) is 2.90. The second-order valence-corrected chi connectivity index (χ2v) is 7.41. The molecule has 0 saturated carbocycles. The van der Waals surface area contributed by atoms with Crippen molar-refractivity contribution in [1.29, 1.82) is 0 Å². The van der Waals surface area contributed by atoms with Gasteiger partial charge in [0.25, 0.3) is 0 Å². The highest BCUT2D eigenvalue weighted by atomic mass is 32.2. The minimum absolute atomic E-state index is 0.0534. The van der Waals surface area contributed by atoms with Gasteiger partial charge in [-0.2, -0.15) is 0 Å². The molecule has 1 aromatic rings. The fourth-order valence-electron chi connectivity index (χ4n) is 2.24. The number of hydrogen-bond donors (Lipinski definition) is 2. The van der Waals surface area contributed by atoms with Gasteiger partial charge in [0.1, 0.15) is 0 Å². The Morgan fingerprint density at radius 1 is 1.19 bits per heavy atom. The Kier molecular flexibility index (Phi) is 7.35. The van der Waals surface area contributed by atoms with Crippen molar-refractivity contribution < 1.29 is 8.42 Å². The largest absolute Gasteiger partial charge is 0.313 e. The predicted molar refractivity (Wildman–Crippen MR) is 87.7 cm³/mol. The quantitative estimate of drug-likeness (QED) is 0.737. The molecule has 2 N–H and O–H groups in total. The summed E-state index contributed by atoms with van der Waals surface area (Å²) >= 11 is 0. The number of rotatable bonds is 9. The van der Waals surface area contributed by atoms with Crippen LogP contribution in [0.2, 0.25) is 0 Å². The molecular formula is C16H28N2O2S.